The summed E-state index contributed by atoms with van der Waals surface area (Å²) >= 11 is 1.20. The Kier molecular flexibility index (Phi) is 8.00. The topological polar surface area (TPSA) is 120 Å². The Morgan fingerprint density at radius 1 is 1.14 bits per heavy atom. The number of aromatic carboxylic acids is 1. The number of hydrogen-bond donors (Lipinski definition) is 1. The number of nitrogens with zero attached hydrogens (tertiary/aromatic N) is 2. The Bertz CT molecular complexity index is 1910. The van der Waals surface area contributed by atoms with E-state index in [-0.39, 0.29) is 29.4 Å². The highest BCUT2D eigenvalue weighted by molar-refractivity contribution is 7.07. The van der Waals surface area contributed by atoms with Gasteiger partial charge in [0, 0.05) is 17.2 Å². The van der Waals surface area contributed by atoms with Crippen LogP contribution in [0.5, 0.6) is 5.75 Å². The molecule has 9 nitrogen and oxygen atoms in total. The third-order valence-electron chi connectivity index (χ3n) is 6.73. The molecule has 0 amide bonds. The summed E-state index contributed by atoms with van der Waals surface area (Å²) in [4.78, 5) is 43.6. The maximum Gasteiger partial charge on any atom is 0.338 e. The van der Waals surface area contributed by atoms with E-state index in [9.17, 15) is 19.5 Å². The minimum Gasteiger partial charge on any atom is -0.491 e. The number of carbonyl (C=O) groups is 2. The number of thiazole rings is 1. The molecule has 0 saturated heterocycles. The van der Waals surface area contributed by atoms with Gasteiger partial charge >= 0.3 is 11.9 Å². The summed E-state index contributed by atoms with van der Waals surface area (Å²) in [5.74, 6) is -0.000898. The van der Waals surface area contributed by atoms with Gasteiger partial charge in [-0.3, -0.25) is 9.36 Å². The summed E-state index contributed by atoms with van der Waals surface area (Å²) in [5.41, 5.74) is 2.74. The second kappa shape index (κ2) is 11.7. The van der Waals surface area contributed by atoms with Crippen molar-refractivity contribution in [2.24, 2.45) is 4.99 Å². The number of esters is 1. The molecule has 1 atom stereocenters. The van der Waals surface area contributed by atoms with E-state index in [0.29, 0.717) is 37.9 Å². The lowest BCUT2D eigenvalue weighted by Gasteiger charge is -2.26. The average Bonchev–Trinajstić information content (AvgIpc) is 3.52. The number of fused-ring (bicyclic) bond motifs is 1. The molecule has 1 aliphatic rings. The van der Waals surface area contributed by atoms with E-state index >= 15 is 0 Å². The number of rotatable bonds is 8. The van der Waals surface area contributed by atoms with Gasteiger partial charge in [-0.25, -0.2) is 14.6 Å². The first-order chi connectivity index (χ1) is 20.1. The van der Waals surface area contributed by atoms with Crippen molar-refractivity contribution in [3.8, 4) is 17.1 Å². The molecule has 0 aliphatic carbocycles. The van der Waals surface area contributed by atoms with Crippen molar-refractivity contribution >= 4 is 29.4 Å². The van der Waals surface area contributed by atoms with Crippen molar-refractivity contribution in [1.29, 1.82) is 0 Å². The van der Waals surface area contributed by atoms with Gasteiger partial charge in [-0.1, -0.05) is 35.6 Å². The van der Waals surface area contributed by atoms with Gasteiger partial charge in [0.1, 0.15) is 23.3 Å². The molecule has 0 unspecified atom stereocenters. The largest absolute Gasteiger partial charge is 0.491 e. The van der Waals surface area contributed by atoms with Gasteiger partial charge in [-0.2, -0.15) is 0 Å². The highest BCUT2D eigenvalue weighted by Gasteiger charge is 2.35. The highest BCUT2D eigenvalue weighted by atomic mass is 32.1. The van der Waals surface area contributed by atoms with Crippen LogP contribution in [0, 0.1) is 6.92 Å². The van der Waals surface area contributed by atoms with E-state index < -0.39 is 18.0 Å². The molecule has 0 spiro atoms. The molecule has 5 rings (SSSR count). The molecule has 216 valence electrons. The summed E-state index contributed by atoms with van der Waals surface area (Å²) in [6.07, 6.45) is 1.51. The van der Waals surface area contributed by atoms with Gasteiger partial charge in [0.25, 0.3) is 5.56 Å². The number of aromatic nitrogens is 1. The van der Waals surface area contributed by atoms with Crippen LogP contribution in [0.15, 0.2) is 80.1 Å². The molecule has 0 bridgehead atoms. The number of furan rings is 1. The van der Waals surface area contributed by atoms with Crippen LogP contribution in [0.1, 0.15) is 61.0 Å². The Morgan fingerprint density at radius 2 is 1.90 bits per heavy atom. The molecule has 4 aromatic rings. The maximum atomic E-state index is 14.0. The zero-order chi connectivity index (χ0) is 30.1. The monoisotopic (exact) mass is 586 g/mol. The third kappa shape index (κ3) is 5.45. The van der Waals surface area contributed by atoms with E-state index in [1.165, 1.54) is 22.0 Å². The van der Waals surface area contributed by atoms with E-state index in [1.54, 1.807) is 44.2 Å². The minimum absolute atomic E-state index is 0.129. The smallest absolute Gasteiger partial charge is 0.338 e. The number of aryl methyl sites for hydroxylation is 1. The van der Waals surface area contributed by atoms with Gasteiger partial charge in [0.15, 0.2) is 4.80 Å². The summed E-state index contributed by atoms with van der Waals surface area (Å²) in [5, 5.41) is 9.27. The van der Waals surface area contributed by atoms with Crippen LogP contribution in [0.4, 0.5) is 0 Å². The van der Waals surface area contributed by atoms with E-state index in [0.717, 1.165) is 11.1 Å². The molecule has 2 aromatic heterocycles. The zero-order valence-electron chi connectivity index (χ0n) is 23.8. The molecule has 0 fully saturated rings. The lowest BCUT2D eigenvalue weighted by Crippen LogP contribution is -2.40. The van der Waals surface area contributed by atoms with Crippen LogP contribution in [0.3, 0.4) is 0 Å². The summed E-state index contributed by atoms with van der Waals surface area (Å²) in [6, 6.07) is 14.9. The average molecular weight is 587 g/mol. The molecular weight excluding hydrogens is 556 g/mol. The molecular formula is C32H30N2O7S. The first-order valence-corrected chi connectivity index (χ1v) is 14.3. The van der Waals surface area contributed by atoms with Crippen molar-refractivity contribution in [1.82, 2.24) is 4.57 Å². The van der Waals surface area contributed by atoms with Gasteiger partial charge in [-0.15, -0.1) is 0 Å². The van der Waals surface area contributed by atoms with Crippen LogP contribution >= 0.6 is 11.3 Å². The molecule has 1 aliphatic heterocycles. The molecule has 2 aromatic carbocycles. The highest BCUT2D eigenvalue weighted by Crippen LogP contribution is 2.36. The van der Waals surface area contributed by atoms with E-state index in [4.69, 9.17) is 13.9 Å². The number of para-hydroxylation sites is 1. The Hall–Kier alpha value is -4.70. The molecule has 0 saturated carbocycles. The number of ether oxygens (including phenoxy) is 2. The predicted molar refractivity (Wildman–Crippen MR) is 158 cm³/mol. The first-order valence-electron chi connectivity index (χ1n) is 13.5. The molecule has 10 heteroatoms. The number of carboxylic acid groups (broad SMARTS) is 1. The SMILES string of the molecule is CCOC(=O)C1=C(C)N=c2s/c(=C/c3ccc(-c4ccc(C(=O)O)cc4C)o3)c(=O)n2[C@@H]1c1ccccc1OC(C)C. The Balaban J connectivity index is 1.64. The summed E-state index contributed by atoms with van der Waals surface area (Å²) in [7, 11) is 0. The number of benzene rings is 2. The van der Waals surface area contributed by atoms with Gasteiger partial charge in [0.05, 0.1) is 34.1 Å². The van der Waals surface area contributed by atoms with Crippen molar-refractivity contribution in [2.45, 2.75) is 46.8 Å². The van der Waals surface area contributed by atoms with Crippen LogP contribution < -0.4 is 19.6 Å². The molecule has 1 N–H and O–H groups in total. The molecule has 3 heterocycles. The standard InChI is InChI=1S/C32H30N2O7S/c1-6-39-31(38)27-19(5)33-32-34(28(27)23-9-7-8-10-24(23)40-17(2)3)29(35)26(42-32)16-21-12-14-25(41-21)22-13-11-20(30(36)37)15-18(22)4/h7-17,28H,6H2,1-5H3,(H,36,37)/b26-16+/t28-/m1/s1. The second-order valence-corrected chi connectivity index (χ2v) is 11.1. The number of carbonyl (C=O) groups excluding carboxylic acids is 1. The minimum atomic E-state index is -1.00. The lowest BCUT2D eigenvalue weighted by atomic mass is 9.95. The third-order valence-corrected chi connectivity index (χ3v) is 7.72. The summed E-state index contributed by atoms with van der Waals surface area (Å²) in [6.45, 7) is 9.28. The zero-order valence-corrected chi connectivity index (χ0v) is 24.7. The fourth-order valence-corrected chi connectivity index (χ4v) is 5.96. The van der Waals surface area contributed by atoms with Crippen molar-refractivity contribution in [2.75, 3.05) is 6.61 Å². The van der Waals surface area contributed by atoms with Crippen molar-refractivity contribution < 1.29 is 28.6 Å². The summed E-state index contributed by atoms with van der Waals surface area (Å²) < 4.78 is 19.4. The fraction of sp³-hybridized carbons (Fsp3) is 0.250. The lowest BCUT2D eigenvalue weighted by molar-refractivity contribution is -0.139. The number of carboxylic acids is 1. The second-order valence-electron chi connectivity index (χ2n) is 10.0. The Morgan fingerprint density at radius 3 is 2.60 bits per heavy atom. The van der Waals surface area contributed by atoms with Crippen molar-refractivity contribution in [3.63, 3.8) is 0 Å². The maximum absolute atomic E-state index is 14.0. The fourth-order valence-electron chi connectivity index (χ4n) is 4.93. The van der Waals surface area contributed by atoms with Gasteiger partial charge < -0.3 is 19.0 Å². The first kappa shape index (κ1) is 28.8. The van der Waals surface area contributed by atoms with Gasteiger partial charge in [0.2, 0.25) is 0 Å². The number of hydrogen-bond acceptors (Lipinski definition) is 8. The van der Waals surface area contributed by atoms with E-state index in [2.05, 4.69) is 4.99 Å². The normalized spacial score (nSPS) is 15.0. The Labute approximate surface area is 245 Å². The predicted octanol–water partition coefficient (Wildman–Crippen LogP) is 4.85. The number of allylic oxidation sites excluding steroid dienone is 1. The quantitative estimate of drug-likeness (QED) is 0.293. The van der Waals surface area contributed by atoms with Gasteiger partial charge in [-0.05, 0) is 70.5 Å². The molecule has 42 heavy (non-hydrogen) atoms. The van der Waals surface area contributed by atoms with Crippen molar-refractivity contribution in [3.05, 3.63) is 108 Å². The van der Waals surface area contributed by atoms with Crippen LogP contribution in [-0.2, 0) is 9.53 Å². The van der Waals surface area contributed by atoms with E-state index in [1.807, 2.05) is 45.0 Å². The van der Waals surface area contributed by atoms with Crippen LogP contribution in [0.2, 0.25) is 0 Å². The van der Waals surface area contributed by atoms with Crippen LogP contribution in [-0.4, -0.2) is 34.3 Å². The molecule has 0 radical (unpaired) electrons. The van der Waals surface area contributed by atoms with Crippen LogP contribution in [0.25, 0.3) is 17.4 Å².